The molecule has 1 N–H and O–H groups in total. The van der Waals surface area contributed by atoms with Gasteiger partial charge in [-0.3, -0.25) is 4.79 Å². The third-order valence-electron chi connectivity index (χ3n) is 4.58. The number of carbonyl (C=O) groups excluding carboxylic acids is 1. The van der Waals surface area contributed by atoms with Gasteiger partial charge in [0.15, 0.2) is 0 Å². The van der Waals surface area contributed by atoms with Crippen molar-refractivity contribution >= 4 is 29.1 Å². The minimum atomic E-state index is 0.296. The van der Waals surface area contributed by atoms with Crippen LogP contribution in [0.5, 0.6) is 0 Å². The summed E-state index contributed by atoms with van der Waals surface area (Å²) in [5.74, 6) is 1.64. The molecule has 2 saturated heterocycles. The van der Waals surface area contributed by atoms with E-state index in [1.165, 1.54) is 0 Å². The van der Waals surface area contributed by atoms with Gasteiger partial charge in [-0.25, -0.2) is 0 Å². The summed E-state index contributed by atoms with van der Waals surface area (Å²) >= 11 is 11.9. The lowest BCUT2D eigenvalue weighted by atomic mass is 10.0. The van der Waals surface area contributed by atoms with Crippen LogP contribution in [-0.4, -0.2) is 37.0 Å². The van der Waals surface area contributed by atoms with Crippen molar-refractivity contribution in [2.75, 3.05) is 26.2 Å². The zero-order valence-corrected chi connectivity index (χ0v) is 13.5. The third-order valence-corrected chi connectivity index (χ3v) is 5.32. The standard InChI is InChI=1S/C16H20Cl2N2O/c17-14-5-4-11(6-15(14)18)2-1-3-16(21)20-9-12-7-19-8-13(12)10-20/h4-6,12-13,19H,1-3,7-10H2/t12-,13+. The summed E-state index contributed by atoms with van der Waals surface area (Å²) in [7, 11) is 0. The maximum absolute atomic E-state index is 12.2. The van der Waals surface area contributed by atoms with E-state index in [0.29, 0.717) is 34.2 Å². The first kappa shape index (κ1) is 15.1. The van der Waals surface area contributed by atoms with Gasteiger partial charge in [0.2, 0.25) is 5.91 Å². The van der Waals surface area contributed by atoms with Crippen LogP contribution in [0.25, 0.3) is 0 Å². The Balaban J connectivity index is 1.45. The Hall–Kier alpha value is -0.770. The number of aryl methyl sites for hydroxylation is 1. The molecule has 0 aromatic heterocycles. The lowest BCUT2D eigenvalue weighted by molar-refractivity contribution is -0.130. The van der Waals surface area contributed by atoms with Gasteiger partial charge >= 0.3 is 0 Å². The molecule has 0 saturated carbocycles. The molecule has 0 unspecified atom stereocenters. The van der Waals surface area contributed by atoms with E-state index in [-0.39, 0.29) is 0 Å². The Morgan fingerprint density at radius 2 is 1.90 bits per heavy atom. The van der Waals surface area contributed by atoms with Gasteiger partial charge in [0.25, 0.3) is 0 Å². The molecule has 0 spiro atoms. The molecular weight excluding hydrogens is 307 g/mol. The van der Waals surface area contributed by atoms with E-state index in [2.05, 4.69) is 5.32 Å². The van der Waals surface area contributed by atoms with E-state index in [9.17, 15) is 4.79 Å². The van der Waals surface area contributed by atoms with Crippen molar-refractivity contribution < 1.29 is 4.79 Å². The van der Waals surface area contributed by atoms with Gasteiger partial charge in [0, 0.05) is 32.6 Å². The van der Waals surface area contributed by atoms with Gasteiger partial charge in [-0.2, -0.15) is 0 Å². The van der Waals surface area contributed by atoms with Crippen LogP contribution in [0.4, 0.5) is 0 Å². The molecule has 2 fully saturated rings. The number of nitrogens with one attached hydrogen (secondary N) is 1. The van der Waals surface area contributed by atoms with Gasteiger partial charge in [-0.15, -0.1) is 0 Å². The summed E-state index contributed by atoms with van der Waals surface area (Å²) < 4.78 is 0. The smallest absolute Gasteiger partial charge is 0.222 e. The molecule has 3 nitrogen and oxygen atoms in total. The number of halogens is 2. The van der Waals surface area contributed by atoms with E-state index in [4.69, 9.17) is 23.2 Å². The van der Waals surface area contributed by atoms with Gasteiger partial charge in [0.1, 0.15) is 0 Å². The Labute approximate surface area is 135 Å². The van der Waals surface area contributed by atoms with Crippen LogP contribution in [0.2, 0.25) is 10.0 Å². The average Bonchev–Trinajstić information content (AvgIpc) is 3.03. The maximum Gasteiger partial charge on any atom is 0.222 e. The SMILES string of the molecule is O=C(CCCc1ccc(Cl)c(Cl)c1)N1C[C@H]2CNC[C@H]2C1. The Morgan fingerprint density at radius 1 is 1.19 bits per heavy atom. The number of rotatable bonds is 4. The van der Waals surface area contributed by atoms with Gasteiger partial charge < -0.3 is 10.2 Å². The quantitative estimate of drug-likeness (QED) is 0.922. The number of benzene rings is 1. The van der Waals surface area contributed by atoms with Crippen molar-refractivity contribution in [2.24, 2.45) is 11.8 Å². The molecule has 0 radical (unpaired) electrons. The lowest BCUT2D eigenvalue weighted by Gasteiger charge is -2.17. The lowest BCUT2D eigenvalue weighted by Crippen LogP contribution is -2.31. The maximum atomic E-state index is 12.2. The molecular formula is C16H20Cl2N2O. The number of hydrogen-bond acceptors (Lipinski definition) is 2. The molecule has 21 heavy (non-hydrogen) atoms. The van der Waals surface area contributed by atoms with Crippen LogP contribution >= 0.6 is 23.2 Å². The first-order chi connectivity index (χ1) is 10.1. The number of amides is 1. The summed E-state index contributed by atoms with van der Waals surface area (Å²) in [6.07, 6.45) is 2.35. The topological polar surface area (TPSA) is 32.3 Å². The third kappa shape index (κ3) is 3.53. The van der Waals surface area contributed by atoms with E-state index in [1.54, 1.807) is 0 Å². The highest BCUT2D eigenvalue weighted by Gasteiger charge is 2.37. The normalized spacial score (nSPS) is 24.4. The zero-order valence-electron chi connectivity index (χ0n) is 11.9. The summed E-state index contributed by atoms with van der Waals surface area (Å²) in [5.41, 5.74) is 1.14. The zero-order chi connectivity index (χ0) is 14.8. The minimum absolute atomic E-state index is 0.296. The van der Waals surface area contributed by atoms with E-state index >= 15 is 0 Å². The largest absolute Gasteiger partial charge is 0.342 e. The molecule has 2 atom stereocenters. The highest BCUT2D eigenvalue weighted by atomic mass is 35.5. The summed E-state index contributed by atoms with van der Waals surface area (Å²) in [5, 5.41) is 4.56. The molecule has 2 heterocycles. The van der Waals surface area contributed by atoms with Crippen LogP contribution in [-0.2, 0) is 11.2 Å². The van der Waals surface area contributed by atoms with E-state index in [0.717, 1.165) is 44.6 Å². The first-order valence-electron chi connectivity index (χ1n) is 7.56. The molecule has 2 aliphatic heterocycles. The number of fused-ring (bicyclic) bond motifs is 1. The first-order valence-corrected chi connectivity index (χ1v) is 8.31. The monoisotopic (exact) mass is 326 g/mol. The predicted molar refractivity (Wildman–Crippen MR) is 85.8 cm³/mol. The van der Waals surface area contributed by atoms with Gasteiger partial charge in [-0.1, -0.05) is 29.3 Å². The number of likely N-dealkylation sites (tertiary alicyclic amines) is 1. The fourth-order valence-corrected chi connectivity index (χ4v) is 3.68. The van der Waals surface area contributed by atoms with Crippen LogP contribution < -0.4 is 5.32 Å². The molecule has 2 aliphatic rings. The second-order valence-electron chi connectivity index (χ2n) is 6.08. The van der Waals surface area contributed by atoms with Crippen LogP contribution in [0.15, 0.2) is 18.2 Å². The molecule has 3 rings (SSSR count). The minimum Gasteiger partial charge on any atom is -0.342 e. The summed E-state index contributed by atoms with van der Waals surface area (Å²) in [4.78, 5) is 14.3. The fourth-order valence-electron chi connectivity index (χ4n) is 3.36. The van der Waals surface area contributed by atoms with Crippen LogP contribution in [0, 0.1) is 11.8 Å². The molecule has 0 aliphatic carbocycles. The fraction of sp³-hybridized carbons (Fsp3) is 0.562. The Kier molecular flexibility index (Phi) is 4.72. The molecule has 5 heteroatoms. The second-order valence-corrected chi connectivity index (χ2v) is 6.89. The van der Waals surface area contributed by atoms with Crippen molar-refractivity contribution in [3.63, 3.8) is 0 Å². The Morgan fingerprint density at radius 3 is 2.57 bits per heavy atom. The molecule has 1 aromatic carbocycles. The highest BCUT2D eigenvalue weighted by molar-refractivity contribution is 6.42. The highest BCUT2D eigenvalue weighted by Crippen LogP contribution is 2.27. The van der Waals surface area contributed by atoms with Crippen molar-refractivity contribution in [1.82, 2.24) is 10.2 Å². The molecule has 1 amide bonds. The summed E-state index contributed by atoms with van der Waals surface area (Å²) in [6.45, 7) is 4.00. The van der Waals surface area contributed by atoms with Crippen molar-refractivity contribution in [3.05, 3.63) is 33.8 Å². The second kappa shape index (κ2) is 6.55. The number of nitrogens with zero attached hydrogens (tertiary/aromatic N) is 1. The molecule has 114 valence electrons. The molecule has 0 bridgehead atoms. The van der Waals surface area contributed by atoms with Gasteiger partial charge in [0.05, 0.1) is 10.0 Å². The van der Waals surface area contributed by atoms with Gasteiger partial charge in [-0.05, 0) is 42.4 Å². The van der Waals surface area contributed by atoms with E-state index in [1.807, 2.05) is 23.1 Å². The van der Waals surface area contributed by atoms with Crippen molar-refractivity contribution in [3.8, 4) is 0 Å². The summed E-state index contributed by atoms with van der Waals surface area (Å²) in [6, 6.07) is 5.68. The van der Waals surface area contributed by atoms with E-state index < -0.39 is 0 Å². The van der Waals surface area contributed by atoms with Crippen LogP contribution in [0.3, 0.4) is 0 Å². The average molecular weight is 327 g/mol. The van der Waals surface area contributed by atoms with Crippen molar-refractivity contribution in [1.29, 1.82) is 0 Å². The molecule has 1 aromatic rings. The Bertz CT molecular complexity index is 523. The van der Waals surface area contributed by atoms with Crippen molar-refractivity contribution in [2.45, 2.75) is 19.3 Å². The van der Waals surface area contributed by atoms with Crippen LogP contribution in [0.1, 0.15) is 18.4 Å². The predicted octanol–water partition coefficient (Wildman–Crippen LogP) is 2.99. The number of hydrogen-bond donors (Lipinski definition) is 1. The number of carbonyl (C=O) groups is 1.